The van der Waals surface area contributed by atoms with Crippen molar-refractivity contribution in [1.82, 2.24) is 0 Å². The van der Waals surface area contributed by atoms with Crippen molar-refractivity contribution in [2.24, 2.45) is 0 Å². The van der Waals surface area contributed by atoms with Gasteiger partial charge in [-0.15, -0.1) is 0 Å². The Hall–Kier alpha value is -2.14. The lowest BCUT2D eigenvalue weighted by Gasteiger charge is -2.12. The number of hydrogen-bond donors (Lipinski definition) is 1. The second kappa shape index (κ2) is 6.54. The van der Waals surface area contributed by atoms with E-state index < -0.39 is 11.8 Å². The van der Waals surface area contributed by atoms with Crippen LogP contribution in [0.25, 0.3) is 6.08 Å². The molecule has 0 aliphatic carbocycles. The molecule has 0 saturated carbocycles. The molecule has 0 aliphatic rings. The molecule has 5 heteroatoms. The average molecular weight is 351 g/mol. The molecule has 2 aromatic carbocycles. The second-order valence-electron chi connectivity index (χ2n) is 4.34. The number of aliphatic carboxylic acids is 1. The van der Waals surface area contributed by atoms with E-state index in [0.717, 1.165) is 16.1 Å². The lowest BCUT2D eigenvalue weighted by atomic mass is 10.1. The zero-order valence-electron chi connectivity index (χ0n) is 11.1. The van der Waals surface area contributed by atoms with Crippen molar-refractivity contribution in [3.05, 3.63) is 63.9 Å². The first-order chi connectivity index (χ1) is 9.97. The van der Waals surface area contributed by atoms with Crippen LogP contribution in [0.3, 0.4) is 0 Å². The van der Waals surface area contributed by atoms with Crippen molar-refractivity contribution >= 4 is 28.0 Å². The van der Waals surface area contributed by atoms with Gasteiger partial charge >= 0.3 is 5.97 Å². The molecule has 0 heterocycles. The third kappa shape index (κ3) is 3.92. The summed E-state index contributed by atoms with van der Waals surface area (Å²) in [4.78, 5) is 10.6. The van der Waals surface area contributed by atoms with Gasteiger partial charge in [-0.1, -0.05) is 34.1 Å². The summed E-state index contributed by atoms with van der Waals surface area (Å²) in [6.07, 6.45) is 2.24. The predicted octanol–water partition coefficient (Wildman–Crippen LogP) is 4.79. The molecule has 0 radical (unpaired) electrons. The highest BCUT2D eigenvalue weighted by molar-refractivity contribution is 9.10. The molecule has 3 nitrogen and oxygen atoms in total. The quantitative estimate of drug-likeness (QED) is 0.806. The summed E-state index contributed by atoms with van der Waals surface area (Å²) in [5.41, 5.74) is 1.20. The minimum Gasteiger partial charge on any atom is -0.478 e. The molecule has 1 N–H and O–H groups in total. The molecule has 0 spiro atoms. The SMILES string of the molecule is Cc1ccc(Br)cc1Oc1c(F)cccc1/C=C/C(=O)O. The molecular formula is C16H12BrFO3. The van der Waals surface area contributed by atoms with Crippen LogP contribution >= 0.6 is 15.9 Å². The number of ether oxygens (including phenoxy) is 1. The fourth-order valence-electron chi connectivity index (χ4n) is 1.72. The third-order valence-corrected chi connectivity index (χ3v) is 3.26. The monoisotopic (exact) mass is 350 g/mol. The van der Waals surface area contributed by atoms with Crippen LogP contribution in [0.5, 0.6) is 11.5 Å². The predicted molar refractivity (Wildman–Crippen MR) is 82.0 cm³/mol. The Bertz CT molecular complexity index is 711. The number of carbonyl (C=O) groups is 1. The van der Waals surface area contributed by atoms with Crippen molar-refractivity contribution in [3.63, 3.8) is 0 Å². The van der Waals surface area contributed by atoms with E-state index in [2.05, 4.69) is 15.9 Å². The van der Waals surface area contributed by atoms with Crippen LogP contribution in [-0.2, 0) is 4.79 Å². The normalized spacial score (nSPS) is 10.8. The van der Waals surface area contributed by atoms with Gasteiger partial charge in [0.2, 0.25) is 0 Å². The van der Waals surface area contributed by atoms with Crippen molar-refractivity contribution < 1.29 is 19.0 Å². The number of aryl methyl sites for hydroxylation is 1. The van der Waals surface area contributed by atoms with E-state index >= 15 is 0 Å². The van der Waals surface area contributed by atoms with Crippen LogP contribution in [0.2, 0.25) is 0 Å². The molecular weight excluding hydrogens is 339 g/mol. The topological polar surface area (TPSA) is 46.5 Å². The fraction of sp³-hybridized carbons (Fsp3) is 0.0625. The van der Waals surface area contributed by atoms with Gasteiger partial charge in [-0.3, -0.25) is 0 Å². The van der Waals surface area contributed by atoms with Crippen molar-refractivity contribution in [1.29, 1.82) is 0 Å². The number of hydrogen-bond acceptors (Lipinski definition) is 2. The van der Waals surface area contributed by atoms with E-state index in [4.69, 9.17) is 9.84 Å². The van der Waals surface area contributed by atoms with E-state index in [1.807, 2.05) is 19.1 Å². The van der Waals surface area contributed by atoms with E-state index in [-0.39, 0.29) is 5.75 Å². The Labute approximate surface area is 129 Å². The van der Waals surface area contributed by atoms with Crippen LogP contribution in [0, 0.1) is 12.7 Å². The highest BCUT2D eigenvalue weighted by atomic mass is 79.9. The van der Waals surface area contributed by atoms with Crippen LogP contribution in [0.4, 0.5) is 4.39 Å². The first kappa shape index (κ1) is 15.3. The Morgan fingerprint density at radius 3 is 2.81 bits per heavy atom. The van der Waals surface area contributed by atoms with Crippen LogP contribution < -0.4 is 4.74 Å². The Morgan fingerprint density at radius 1 is 1.33 bits per heavy atom. The number of para-hydroxylation sites is 1. The van der Waals surface area contributed by atoms with E-state index in [1.54, 1.807) is 12.1 Å². The van der Waals surface area contributed by atoms with E-state index in [0.29, 0.717) is 11.3 Å². The first-order valence-corrected chi connectivity index (χ1v) is 6.90. The summed E-state index contributed by atoms with van der Waals surface area (Å²) in [7, 11) is 0. The largest absolute Gasteiger partial charge is 0.478 e. The number of benzene rings is 2. The molecule has 0 atom stereocenters. The minimum atomic E-state index is -1.11. The summed E-state index contributed by atoms with van der Waals surface area (Å²) in [5, 5.41) is 8.68. The maximum atomic E-state index is 14.0. The highest BCUT2D eigenvalue weighted by Gasteiger charge is 2.11. The maximum Gasteiger partial charge on any atom is 0.328 e. The van der Waals surface area contributed by atoms with Gasteiger partial charge in [0.1, 0.15) is 5.75 Å². The molecule has 0 aromatic heterocycles. The maximum absolute atomic E-state index is 14.0. The molecule has 2 rings (SSSR count). The molecule has 108 valence electrons. The van der Waals surface area contributed by atoms with Crippen LogP contribution in [0.1, 0.15) is 11.1 Å². The van der Waals surface area contributed by atoms with Crippen LogP contribution in [0.15, 0.2) is 46.9 Å². The average Bonchev–Trinajstić information content (AvgIpc) is 2.43. The zero-order chi connectivity index (χ0) is 15.4. The molecule has 0 saturated heterocycles. The summed E-state index contributed by atoms with van der Waals surface area (Å²) in [6.45, 7) is 1.84. The van der Waals surface area contributed by atoms with Crippen molar-refractivity contribution in [2.45, 2.75) is 6.92 Å². The van der Waals surface area contributed by atoms with E-state index in [9.17, 15) is 9.18 Å². The summed E-state index contributed by atoms with van der Waals surface area (Å²) < 4.78 is 20.4. The van der Waals surface area contributed by atoms with Crippen LogP contribution in [-0.4, -0.2) is 11.1 Å². The minimum absolute atomic E-state index is 0.00352. The number of carboxylic acid groups (broad SMARTS) is 1. The van der Waals surface area contributed by atoms with Crippen molar-refractivity contribution in [2.75, 3.05) is 0 Å². The number of rotatable bonds is 4. The zero-order valence-corrected chi connectivity index (χ0v) is 12.7. The second-order valence-corrected chi connectivity index (χ2v) is 5.26. The van der Waals surface area contributed by atoms with Gasteiger partial charge in [0.05, 0.1) is 0 Å². The first-order valence-electron chi connectivity index (χ1n) is 6.11. The Morgan fingerprint density at radius 2 is 2.10 bits per heavy atom. The Balaban J connectivity index is 2.43. The molecule has 0 bridgehead atoms. The van der Waals surface area contributed by atoms with Gasteiger partial charge in [0, 0.05) is 16.1 Å². The molecule has 0 amide bonds. The summed E-state index contributed by atoms with van der Waals surface area (Å²) in [5.74, 6) is -1.17. The van der Waals surface area contributed by atoms with E-state index in [1.165, 1.54) is 18.2 Å². The number of carboxylic acids is 1. The molecule has 2 aromatic rings. The van der Waals surface area contributed by atoms with Gasteiger partial charge in [-0.25, -0.2) is 9.18 Å². The lowest BCUT2D eigenvalue weighted by molar-refractivity contribution is -0.131. The standard InChI is InChI=1S/C16H12BrFO3/c1-10-5-7-12(17)9-14(10)21-16-11(6-8-15(19)20)3-2-4-13(16)18/h2-9H,1H3,(H,19,20)/b8-6+. The van der Waals surface area contributed by atoms with Gasteiger partial charge in [-0.2, -0.15) is 0 Å². The summed E-state index contributed by atoms with van der Waals surface area (Å²) in [6, 6.07) is 9.78. The van der Waals surface area contributed by atoms with Gasteiger partial charge in [0.15, 0.2) is 11.6 Å². The van der Waals surface area contributed by atoms with Crippen molar-refractivity contribution in [3.8, 4) is 11.5 Å². The van der Waals surface area contributed by atoms with Gasteiger partial charge in [0.25, 0.3) is 0 Å². The molecule has 0 unspecified atom stereocenters. The fourth-order valence-corrected chi connectivity index (χ4v) is 2.06. The molecule has 21 heavy (non-hydrogen) atoms. The molecule has 0 aliphatic heterocycles. The lowest BCUT2D eigenvalue weighted by Crippen LogP contribution is -1.94. The highest BCUT2D eigenvalue weighted by Crippen LogP contribution is 2.32. The third-order valence-electron chi connectivity index (χ3n) is 2.77. The Kier molecular flexibility index (Phi) is 4.75. The smallest absolute Gasteiger partial charge is 0.328 e. The van der Waals surface area contributed by atoms with Gasteiger partial charge in [-0.05, 0) is 36.8 Å². The summed E-state index contributed by atoms with van der Waals surface area (Å²) >= 11 is 3.33. The number of halogens is 2. The van der Waals surface area contributed by atoms with Gasteiger partial charge < -0.3 is 9.84 Å². The molecule has 0 fully saturated rings.